The van der Waals surface area contributed by atoms with Crippen LogP contribution in [0.25, 0.3) is 55.2 Å². The summed E-state index contributed by atoms with van der Waals surface area (Å²) in [6.45, 7) is 30.2. The molecule has 4 nitrogen and oxygen atoms in total. The van der Waals surface area contributed by atoms with Gasteiger partial charge in [-0.05, 0) is 91.7 Å². The second-order valence-electron chi connectivity index (χ2n) is 19.0. The van der Waals surface area contributed by atoms with E-state index in [1.165, 1.54) is 39.3 Å². The molecule has 6 rings (SSSR count). The van der Waals surface area contributed by atoms with Crippen LogP contribution < -0.4 is 0 Å². The fourth-order valence-corrected chi connectivity index (χ4v) is 7.86. The third-order valence-electron chi connectivity index (χ3n) is 12.4. The van der Waals surface area contributed by atoms with Gasteiger partial charge in [0.25, 0.3) is 0 Å². The predicted molar refractivity (Wildman–Crippen MR) is 243 cm³/mol. The zero-order valence-corrected chi connectivity index (χ0v) is 40.0. The van der Waals surface area contributed by atoms with E-state index in [1.807, 2.05) is 47.6 Å². The maximum absolute atomic E-state index is 12.2. The number of nitrogens with zero attached hydrogens (tertiary/aromatic N) is 1. The van der Waals surface area contributed by atoms with Crippen LogP contribution in [0.2, 0.25) is 0 Å². The summed E-state index contributed by atoms with van der Waals surface area (Å²) in [5, 5.41) is 14.5. The minimum Gasteiger partial charge on any atom is -0.512 e. The Morgan fingerprint density at radius 2 is 1.29 bits per heavy atom. The van der Waals surface area contributed by atoms with Gasteiger partial charge in [0, 0.05) is 59.0 Å². The fourth-order valence-electron chi connectivity index (χ4n) is 7.86. The van der Waals surface area contributed by atoms with Crippen LogP contribution in [0.3, 0.4) is 0 Å². The maximum Gasteiger partial charge on any atom is 0.164 e. The van der Waals surface area contributed by atoms with Gasteiger partial charge in [-0.3, -0.25) is 9.78 Å². The van der Waals surface area contributed by atoms with Crippen molar-refractivity contribution in [2.24, 2.45) is 16.2 Å². The molecular weight excluding hydrogens is 891 g/mol. The number of aliphatic hydroxyl groups excluding tert-OH is 1. The first-order valence-corrected chi connectivity index (χ1v) is 21.0. The van der Waals surface area contributed by atoms with Gasteiger partial charge in [0.05, 0.1) is 5.52 Å². The number of rotatable bonds is 10. The van der Waals surface area contributed by atoms with E-state index in [0.717, 1.165) is 76.4 Å². The molecular formula is C53H66IrNO3-. The Balaban J connectivity index is 0.000000353. The molecule has 0 aliphatic heterocycles. The minimum atomic E-state index is -0.337. The Kier molecular flexibility index (Phi) is 14.5. The number of carbonyl (C=O) groups excluding carboxylic acids is 1. The van der Waals surface area contributed by atoms with Crippen LogP contribution in [0.4, 0.5) is 0 Å². The average molecular weight is 957 g/mol. The van der Waals surface area contributed by atoms with Crippen LogP contribution in [0.5, 0.6) is 0 Å². The van der Waals surface area contributed by atoms with Crippen LogP contribution in [0.15, 0.2) is 89.0 Å². The van der Waals surface area contributed by atoms with Crippen LogP contribution in [-0.4, -0.2) is 15.9 Å². The monoisotopic (exact) mass is 957 g/mol. The quantitative estimate of drug-likeness (QED) is 0.0844. The smallest absolute Gasteiger partial charge is 0.164 e. The largest absolute Gasteiger partial charge is 0.512 e. The molecule has 0 aliphatic rings. The van der Waals surface area contributed by atoms with Crippen LogP contribution in [-0.2, 0) is 36.7 Å². The van der Waals surface area contributed by atoms with Crippen molar-refractivity contribution in [1.29, 1.82) is 0 Å². The number of aliphatic hydroxyl groups is 1. The first kappa shape index (κ1) is 46.6. The topological polar surface area (TPSA) is 63.3 Å². The Labute approximate surface area is 362 Å². The summed E-state index contributed by atoms with van der Waals surface area (Å²) in [5.74, 6) is 1.18. The molecule has 5 heteroatoms. The van der Waals surface area contributed by atoms with Crippen molar-refractivity contribution >= 4 is 38.4 Å². The number of aryl methyl sites for hydroxylation is 2. The van der Waals surface area contributed by atoms with E-state index in [-0.39, 0.29) is 53.3 Å². The summed E-state index contributed by atoms with van der Waals surface area (Å²) in [6.07, 6.45) is 5.80. The molecule has 0 spiro atoms. The number of para-hydroxylation sites is 1. The molecule has 2 heterocycles. The van der Waals surface area contributed by atoms with Gasteiger partial charge in [0.2, 0.25) is 0 Å². The summed E-state index contributed by atoms with van der Waals surface area (Å²) >= 11 is 0. The Bertz CT molecular complexity index is 2400. The van der Waals surface area contributed by atoms with Crippen molar-refractivity contribution < 1.29 is 34.4 Å². The summed E-state index contributed by atoms with van der Waals surface area (Å²) < 4.78 is 6.76. The number of hydrogen-bond acceptors (Lipinski definition) is 4. The van der Waals surface area contributed by atoms with Crippen molar-refractivity contribution in [3.05, 3.63) is 113 Å². The summed E-state index contributed by atoms with van der Waals surface area (Å²) in [6, 6.07) is 29.7. The van der Waals surface area contributed by atoms with E-state index >= 15 is 0 Å². The predicted octanol–water partition coefficient (Wildman–Crippen LogP) is 15.4. The number of ketones is 1. The summed E-state index contributed by atoms with van der Waals surface area (Å²) in [7, 11) is 0. The number of carbonyl (C=O) groups is 1. The second-order valence-corrected chi connectivity index (χ2v) is 19.0. The molecule has 1 N–H and O–H groups in total. The van der Waals surface area contributed by atoms with Gasteiger partial charge in [-0.15, -0.1) is 29.1 Å². The number of hydrogen-bond donors (Lipinski definition) is 1. The van der Waals surface area contributed by atoms with Gasteiger partial charge >= 0.3 is 0 Å². The first-order chi connectivity index (χ1) is 26.7. The molecule has 4 aromatic carbocycles. The van der Waals surface area contributed by atoms with Crippen LogP contribution in [0.1, 0.15) is 131 Å². The van der Waals surface area contributed by atoms with Crippen molar-refractivity contribution in [2.75, 3.05) is 0 Å². The van der Waals surface area contributed by atoms with Gasteiger partial charge in [0.15, 0.2) is 5.78 Å². The van der Waals surface area contributed by atoms with Crippen molar-refractivity contribution in [3.8, 4) is 22.6 Å². The average Bonchev–Trinajstić information content (AvgIpc) is 3.60. The van der Waals surface area contributed by atoms with Gasteiger partial charge in [-0.1, -0.05) is 136 Å². The Morgan fingerprint density at radius 3 is 1.84 bits per heavy atom. The Morgan fingerprint density at radius 1 is 0.741 bits per heavy atom. The molecule has 0 saturated carbocycles. The molecule has 0 fully saturated rings. The minimum absolute atomic E-state index is 0. The zero-order valence-electron chi connectivity index (χ0n) is 37.6. The third-order valence-corrected chi connectivity index (χ3v) is 12.4. The second kappa shape index (κ2) is 18.1. The normalized spacial score (nSPS) is 12.8. The van der Waals surface area contributed by atoms with E-state index < -0.39 is 0 Å². The summed E-state index contributed by atoms with van der Waals surface area (Å²) in [5.41, 5.74) is 9.65. The van der Waals surface area contributed by atoms with E-state index in [0.29, 0.717) is 0 Å². The zero-order chi connectivity index (χ0) is 42.1. The number of benzene rings is 4. The summed E-state index contributed by atoms with van der Waals surface area (Å²) in [4.78, 5) is 17.4. The third kappa shape index (κ3) is 9.86. The van der Waals surface area contributed by atoms with E-state index in [4.69, 9.17) is 9.40 Å². The number of furan rings is 1. The molecule has 0 saturated heterocycles. The molecule has 311 valence electrons. The number of allylic oxidation sites excluding steroid dienone is 2. The standard InChI is InChI=1S/C38H38NO.C15H28O2.Ir/c1-23-17-25(22-37(3,4)5)18-24(2)34(23)33-21-30-35(39-32-16-12-11-15-29(32)36(30)40-33)27-19-26-13-9-10-14-28(26)31(20-27)38(6,7)8;1-7-14(5,8-2)12(16)11-13(17)15(6,9-3)10-4;/h9-18,20-21H,22H2,1-8H3;11,16H,7-10H2,1-6H3;/q-1;;/b;12-11-;. The number of aromatic nitrogens is 1. The van der Waals surface area contributed by atoms with Crippen molar-refractivity contribution in [1.82, 2.24) is 4.98 Å². The van der Waals surface area contributed by atoms with Gasteiger partial charge in [0.1, 0.15) is 17.1 Å². The van der Waals surface area contributed by atoms with Gasteiger partial charge < -0.3 is 9.52 Å². The van der Waals surface area contributed by atoms with Crippen LogP contribution in [0, 0.1) is 36.2 Å². The van der Waals surface area contributed by atoms with Crippen molar-refractivity contribution in [3.63, 3.8) is 0 Å². The Hall–Kier alpha value is -4.05. The van der Waals surface area contributed by atoms with Crippen molar-refractivity contribution in [2.45, 2.75) is 134 Å². The fraction of sp³-hybridized carbons (Fsp3) is 0.434. The molecule has 0 amide bonds. The SMILES string of the molecule is CCC(C)(CC)C(=O)/C=C(\O)C(C)(CC)CC.Cc1cc(CC(C)(C)C)cc(C)c1-c1cc2c(-c3[c-]c4ccccc4c(C(C)(C)C)c3)nc3ccccc3c2o1.[Ir]. The molecule has 0 bridgehead atoms. The molecule has 1 radical (unpaired) electrons. The van der Waals surface area contributed by atoms with Crippen LogP contribution >= 0.6 is 0 Å². The van der Waals surface area contributed by atoms with E-state index in [2.05, 4.69) is 128 Å². The molecule has 2 aromatic heterocycles. The van der Waals surface area contributed by atoms with Gasteiger partial charge in [-0.25, -0.2) is 0 Å². The molecule has 6 aromatic rings. The maximum atomic E-state index is 12.2. The van der Waals surface area contributed by atoms with E-state index in [9.17, 15) is 9.90 Å². The van der Waals surface area contributed by atoms with E-state index in [1.54, 1.807) is 0 Å². The molecule has 0 atom stereocenters. The molecule has 0 unspecified atom stereocenters. The number of fused-ring (bicyclic) bond motifs is 4. The number of pyridine rings is 1. The van der Waals surface area contributed by atoms with Gasteiger partial charge in [-0.2, -0.15) is 0 Å². The first-order valence-electron chi connectivity index (χ1n) is 21.0. The molecule has 0 aliphatic carbocycles. The molecule has 58 heavy (non-hydrogen) atoms.